The van der Waals surface area contributed by atoms with E-state index in [-0.39, 0.29) is 0 Å². The molecule has 1 unspecified atom stereocenters. The zero-order valence-electron chi connectivity index (χ0n) is 13.5. The van der Waals surface area contributed by atoms with Crippen LogP contribution in [-0.2, 0) is 0 Å². The van der Waals surface area contributed by atoms with E-state index in [4.69, 9.17) is 0 Å². The van der Waals surface area contributed by atoms with Gasteiger partial charge in [-0.3, -0.25) is 0 Å². The fourth-order valence-corrected chi connectivity index (χ4v) is 3.13. The summed E-state index contributed by atoms with van der Waals surface area (Å²) in [4.78, 5) is 0. The third-order valence-electron chi connectivity index (χ3n) is 4.03. The molecule has 1 aromatic rings. The summed E-state index contributed by atoms with van der Waals surface area (Å²) in [5.74, 6) is 0. The van der Waals surface area contributed by atoms with Gasteiger partial charge in [-0.15, -0.1) is 0 Å². The number of aryl methyl sites for hydroxylation is 3. The molecule has 0 aromatic heterocycles. The summed E-state index contributed by atoms with van der Waals surface area (Å²) in [5.41, 5.74) is 5.76. The van der Waals surface area contributed by atoms with Gasteiger partial charge >= 0.3 is 0 Å². The minimum Gasteiger partial charge on any atom is -0.313 e. The molecule has 1 aromatic carbocycles. The van der Waals surface area contributed by atoms with Gasteiger partial charge in [0.25, 0.3) is 0 Å². The molecule has 0 saturated heterocycles. The maximum Gasteiger partial charge on any atom is 0.0322 e. The van der Waals surface area contributed by atoms with Crippen molar-refractivity contribution in [2.24, 2.45) is 0 Å². The zero-order chi connectivity index (χ0) is 14.3. The molecule has 1 N–H and O–H groups in total. The fourth-order valence-electron chi connectivity index (χ4n) is 3.13. The van der Waals surface area contributed by atoms with Crippen molar-refractivity contribution in [3.8, 4) is 0 Å². The lowest BCUT2D eigenvalue weighted by molar-refractivity contribution is 0.497. The smallest absolute Gasteiger partial charge is 0.0322 e. The van der Waals surface area contributed by atoms with Crippen LogP contribution in [0, 0.1) is 20.8 Å². The molecule has 0 bridgehead atoms. The van der Waals surface area contributed by atoms with Crippen molar-refractivity contribution in [2.45, 2.75) is 72.3 Å². The summed E-state index contributed by atoms with van der Waals surface area (Å²) >= 11 is 0. The van der Waals surface area contributed by atoms with E-state index in [0.717, 1.165) is 0 Å². The Kier molecular flexibility index (Phi) is 7.15. The summed E-state index contributed by atoms with van der Waals surface area (Å²) < 4.78 is 0. The lowest BCUT2D eigenvalue weighted by atomic mass is 9.91. The highest BCUT2D eigenvalue weighted by Gasteiger charge is 2.14. The van der Waals surface area contributed by atoms with E-state index in [1.165, 1.54) is 60.8 Å². The van der Waals surface area contributed by atoms with Gasteiger partial charge in [0.15, 0.2) is 0 Å². The number of hydrogen-bond acceptors (Lipinski definition) is 1. The van der Waals surface area contributed by atoms with Crippen molar-refractivity contribution in [3.63, 3.8) is 0 Å². The molecule has 108 valence electrons. The predicted molar refractivity (Wildman–Crippen MR) is 85.8 cm³/mol. The van der Waals surface area contributed by atoms with E-state index in [0.29, 0.717) is 6.04 Å². The largest absolute Gasteiger partial charge is 0.313 e. The molecule has 1 nitrogen and oxygen atoms in total. The first kappa shape index (κ1) is 16.2. The van der Waals surface area contributed by atoms with Gasteiger partial charge in [0.05, 0.1) is 0 Å². The van der Waals surface area contributed by atoms with Gasteiger partial charge in [0.2, 0.25) is 0 Å². The molecular weight excluding hydrogens is 230 g/mol. The number of benzene rings is 1. The van der Waals surface area contributed by atoms with E-state index in [2.05, 4.69) is 52.2 Å². The number of unbranched alkanes of at least 4 members (excludes halogenated alkanes) is 4. The van der Waals surface area contributed by atoms with Crippen molar-refractivity contribution in [1.82, 2.24) is 5.32 Å². The first-order valence-electron chi connectivity index (χ1n) is 7.85. The lowest BCUT2D eigenvalue weighted by Gasteiger charge is -2.22. The summed E-state index contributed by atoms with van der Waals surface area (Å²) in [6.07, 6.45) is 8.05. The van der Waals surface area contributed by atoms with Crippen LogP contribution in [0.2, 0.25) is 0 Å². The van der Waals surface area contributed by atoms with Crippen LogP contribution in [0.25, 0.3) is 0 Å². The highest BCUT2D eigenvalue weighted by Crippen LogP contribution is 2.27. The SMILES string of the molecule is CCCCCCCC(NC)c1c(C)cc(C)cc1C. The Balaban J connectivity index is 2.64. The van der Waals surface area contributed by atoms with Crippen LogP contribution < -0.4 is 5.32 Å². The van der Waals surface area contributed by atoms with Gasteiger partial charge < -0.3 is 5.32 Å². The first-order chi connectivity index (χ1) is 9.10. The Hall–Kier alpha value is -0.820. The van der Waals surface area contributed by atoms with Crippen LogP contribution in [0.4, 0.5) is 0 Å². The minimum absolute atomic E-state index is 0.516. The van der Waals surface area contributed by atoms with Gasteiger partial charge in [-0.25, -0.2) is 0 Å². The van der Waals surface area contributed by atoms with Gasteiger partial charge in [0.1, 0.15) is 0 Å². The molecule has 0 aliphatic carbocycles. The molecule has 0 amide bonds. The van der Waals surface area contributed by atoms with Crippen molar-refractivity contribution in [3.05, 3.63) is 34.4 Å². The highest BCUT2D eigenvalue weighted by molar-refractivity contribution is 5.39. The molecule has 0 saturated carbocycles. The third-order valence-corrected chi connectivity index (χ3v) is 4.03. The summed E-state index contributed by atoms with van der Waals surface area (Å²) in [6.45, 7) is 8.95. The molecule has 1 atom stereocenters. The second kappa shape index (κ2) is 8.37. The predicted octanol–water partition coefficient (Wildman–Crippen LogP) is 5.23. The third kappa shape index (κ3) is 4.99. The van der Waals surface area contributed by atoms with Crippen molar-refractivity contribution < 1.29 is 0 Å². The Morgan fingerprint density at radius 1 is 0.947 bits per heavy atom. The molecule has 0 heterocycles. The summed E-state index contributed by atoms with van der Waals surface area (Å²) in [5, 5.41) is 3.51. The van der Waals surface area contributed by atoms with Crippen LogP contribution in [-0.4, -0.2) is 7.05 Å². The molecule has 0 aliphatic heterocycles. The van der Waals surface area contributed by atoms with Crippen LogP contribution >= 0.6 is 0 Å². The maximum absolute atomic E-state index is 3.51. The Labute approximate surface area is 119 Å². The Morgan fingerprint density at radius 3 is 2.05 bits per heavy atom. The molecule has 0 spiro atoms. The fraction of sp³-hybridized carbons (Fsp3) is 0.667. The van der Waals surface area contributed by atoms with Crippen molar-refractivity contribution in [2.75, 3.05) is 7.05 Å². The number of rotatable bonds is 8. The monoisotopic (exact) mass is 261 g/mol. The Bertz CT molecular complexity index is 358. The molecule has 0 fully saturated rings. The second-order valence-electron chi connectivity index (χ2n) is 5.86. The highest BCUT2D eigenvalue weighted by atomic mass is 14.9. The maximum atomic E-state index is 3.51. The quantitative estimate of drug-likeness (QED) is 0.632. The Morgan fingerprint density at radius 2 is 1.53 bits per heavy atom. The lowest BCUT2D eigenvalue weighted by Crippen LogP contribution is -2.18. The topological polar surface area (TPSA) is 12.0 Å². The summed E-state index contributed by atoms with van der Waals surface area (Å²) in [6, 6.07) is 5.13. The van der Waals surface area contributed by atoms with E-state index < -0.39 is 0 Å². The normalized spacial score (nSPS) is 12.7. The van der Waals surface area contributed by atoms with Crippen molar-refractivity contribution in [1.29, 1.82) is 0 Å². The molecule has 1 heteroatoms. The molecule has 1 rings (SSSR count). The molecule has 0 radical (unpaired) electrons. The van der Waals surface area contributed by atoms with Crippen LogP contribution in [0.15, 0.2) is 12.1 Å². The van der Waals surface area contributed by atoms with E-state index in [9.17, 15) is 0 Å². The molecule has 19 heavy (non-hydrogen) atoms. The number of nitrogens with one attached hydrogen (secondary N) is 1. The van der Waals surface area contributed by atoms with Crippen LogP contribution in [0.3, 0.4) is 0 Å². The zero-order valence-corrected chi connectivity index (χ0v) is 13.5. The van der Waals surface area contributed by atoms with Crippen LogP contribution in [0.5, 0.6) is 0 Å². The molecular formula is C18H31N. The number of hydrogen-bond donors (Lipinski definition) is 1. The van der Waals surface area contributed by atoms with Crippen molar-refractivity contribution >= 4 is 0 Å². The van der Waals surface area contributed by atoms with E-state index in [1.807, 2.05) is 0 Å². The van der Waals surface area contributed by atoms with E-state index >= 15 is 0 Å². The van der Waals surface area contributed by atoms with Gasteiger partial charge in [-0.05, 0) is 50.9 Å². The van der Waals surface area contributed by atoms with Gasteiger partial charge in [0, 0.05) is 6.04 Å². The standard InChI is InChI=1S/C18H31N/c1-6-7-8-9-10-11-17(19-5)18-15(3)12-14(2)13-16(18)4/h12-13,17,19H,6-11H2,1-5H3. The second-order valence-corrected chi connectivity index (χ2v) is 5.86. The summed E-state index contributed by atoms with van der Waals surface area (Å²) in [7, 11) is 2.09. The average molecular weight is 261 g/mol. The van der Waals surface area contributed by atoms with Gasteiger partial charge in [-0.2, -0.15) is 0 Å². The van der Waals surface area contributed by atoms with Crippen LogP contribution in [0.1, 0.15) is 73.7 Å². The average Bonchev–Trinajstić information content (AvgIpc) is 2.35. The minimum atomic E-state index is 0.516. The first-order valence-corrected chi connectivity index (χ1v) is 7.85. The van der Waals surface area contributed by atoms with E-state index in [1.54, 1.807) is 0 Å². The molecule has 0 aliphatic rings. The van der Waals surface area contributed by atoms with Gasteiger partial charge in [-0.1, -0.05) is 56.7 Å².